The van der Waals surface area contributed by atoms with Gasteiger partial charge in [-0.15, -0.1) is 0 Å². The van der Waals surface area contributed by atoms with Crippen LogP contribution in [0.25, 0.3) is 6.08 Å². The van der Waals surface area contributed by atoms with Gasteiger partial charge in [0.25, 0.3) is 0 Å². The van der Waals surface area contributed by atoms with E-state index in [0.717, 1.165) is 11.4 Å². The van der Waals surface area contributed by atoms with Crippen molar-refractivity contribution in [3.63, 3.8) is 0 Å². The second-order valence-electron chi connectivity index (χ2n) is 2.28. The van der Waals surface area contributed by atoms with Crippen LogP contribution in [0.3, 0.4) is 0 Å². The van der Waals surface area contributed by atoms with Crippen LogP contribution in [-0.2, 0) is 0 Å². The van der Waals surface area contributed by atoms with Crippen LogP contribution in [0.5, 0.6) is 0 Å². The molecule has 3 heteroatoms. The molecule has 0 bridgehead atoms. The molecule has 0 amide bonds. The average molecular weight is 258 g/mol. The van der Waals surface area contributed by atoms with Crippen LogP contribution >= 0.6 is 20.7 Å². The first kappa shape index (κ1) is 7.09. The number of aryl methyl sites for hydroxylation is 1. The lowest BCUT2D eigenvalue weighted by atomic mass is 10.4. The van der Waals surface area contributed by atoms with Gasteiger partial charge in [-0.2, -0.15) is 0 Å². The van der Waals surface area contributed by atoms with E-state index in [1.807, 2.05) is 19.2 Å². The van der Waals surface area contributed by atoms with Gasteiger partial charge in [0.1, 0.15) is 3.70 Å². The third-order valence-corrected chi connectivity index (χ3v) is 3.56. The number of allylic oxidation sites excluding steroid dienone is 1. The lowest BCUT2D eigenvalue weighted by Crippen LogP contribution is -1.95. The first-order valence-electron chi connectivity index (χ1n) is 3.33. The number of nitrogens with zero attached hydrogens (tertiary/aromatic N) is 2. The molecule has 2 heterocycles. The smallest absolute Gasteiger partial charge is 0.121 e. The van der Waals surface area contributed by atoms with Crippen molar-refractivity contribution in [2.75, 3.05) is 0 Å². The highest BCUT2D eigenvalue weighted by Gasteiger charge is 2.01. The zero-order valence-corrected chi connectivity index (χ0v) is 8.24. The highest BCUT2D eigenvalue weighted by Crippen LogP contribution is 2.17. The van der Waals surface area contributed by atoms with Gasteiger partial charge in [0.05, 0.1) is 11.4 Å². The topological polar surface area (TPSA) is 25.8 Å². The van der Waals surface area contributed by atoms with Crippen LogP contribution in [0.4, 0.5) is 0 Å². The molecule has 0 saturated heterocycles. The van der Waals surface area contributed by atoms with E-state index in [1.165, 1.54) is 3.70 Å². The van der Waals surface area contributed by atoms with E-state index in [1.54, 1.807) is 0 Å². The molecule has 0 unspecified atom stereocenters. The molecule has 1 aromatic rings. The third-order valence-electron chi connectivity index (χ3n) is 1.37. The van der Waals surface area contributed by atoms with Crippen LogP contribution in [0, 0.1) is 10.6 Å². The minimum atomic E-state index is -0.00320. The Morgan fingerprint density at radius 3 is 3.27 bits per heavy atom. The van der Waals surface area contributed by atoms with Crippen molar-refractivity contribution in [1.29, 1.82) is 0 Å². The van der Waals surface area contributed by atoms with Crippen LogP contribution < -0.4 is 0 Å². The normalized spacial score (nSPS) is 13.9. The molecule has 0 radical (unpaired) electrons. The van der Waals surface area contributed by atoms with E-state index in [4.69, 9.17) is 0 Å². The van der Waals surface area contributed by atoms with Gasteiger partial charge in [-0.25, -0.2) is 9.97 Å². The third kappa shape index (κ3) is 1.38. The maximum atomic E-state index is 4.37. The molecule has 0 aliphatic carbocycles. The summed E-state index contributed by atoms with van der Waals surface area (Å²) in [7, 11) is 0. The second-order valence-corrected chi connectivity index (χ2v) is 4.65. The van der Waals surface area contributed by atoms with Gasteiger partial charge < -0.3 is 0 Å². The quantitative estimate of drug-likeness (QED) is 0.662. The minimum Gasteiger partial charge on any atom is -0.249 e. The summed E-state index contributed by atoms with van der Waals surface area (Å²) < 4.78 is 3.39. The molecule has 11 heavy (non-hydrogen) atoms. The van der Waals surface area contributed by atoms with E-state index >= 15 is 0 Å². The van der Waals surface area contributed by atoms with Crippen LogP contribution in [0.15, 0.2) is 12.3 Å². The lowest BCUT2D eigenvalue weighted by molar-refractivity contribution is 1.07. The Hall–Kier alpha value is -0.580. The van der Waals surface area contributed by atoms with Crippen molar-refractivity contribution in [3.05, 3.63) is 27.4 Å². The van der Waals surface area contributed by atoms with E-state index in [9.17, 15) is 0 Å². The van der Waals surface area contributed by atoms with Crippen LogP contribution in [0.2, 0.25) is 0 Å². The Balaban J connectivity index is 2.63. The number of fused-ring (bicyclic) bond motifs is 1. The van der Waals surface area contributed by atoms with Gasteiger partial charge in [0.15, 0.2) is 0 Å². The predicted molar refractivity (Wildman–Crippen MR) is 54.6 cm³/mol. The first-order valence-corrected chi connectivity index (χ1v) is 5.65. The van der Waals surface area contributed by atoms with Crippen molar-refractivity contribution in [2.24, 2.45) is 0 Å². The van der Waals surface area contributed by atoms with Gasteiger partial charge in [0, 0.05) is 6.20 Å². The number of halogens is 1. The van der Waals surface area contributed by atoms with Crippen molar-refractivity contribution in [3.8, 4) is 0 Å². The van der Waals surface area contributed by atoms with Gasteiger partial charge >= 0.3 is 0 Å². The molecular formula is C8H7IN2. The monoisotopic (exact) mass is 258 g/mol. The fourth-order valence-corrected chi connectivity index (χ4v) is 2.57. The van der Waals surface area contributed by atoms with Crippen molar-refractivity contribution in [1.82, 2.24) is 9.97 Å². The number of rotatable bonds is 0. The number of aromatic nitrogens is 2. The Labute approximate surface area is 75.1 Å². The first-order chi connectivity index (χ1) is 5.36. The van der Waals surface area contributed by atoms with Crippen LogP contribution in [0.1, 0.15) is 11.4 Å². The van der Waals surface area contributed by atoms with E-state index in [0.29, 0.717) is 0 Å². The van der Waals surface area contributed by atoms with Gasteiger partial charge in [-0.05, 0) is 17.0 Å². The minimum absolute atomic E-state index is 0.00320. The molecule has 0 aromatic carbocycles. The Morgan fingerprint density at radius 2 is 2.36 bits per heavy atom. The molecule has 2 nitrogen and oxygen atoms in total. The zero-order valence-electron chi connectivity index (χ0n) is 6.08. The second kappa shape index (κ2) is 2.81. The number of hydrogen-bond acceptors (Lipinski definition) is 2. The maximum Gasteiger partial charge on any atom is 0.121 e. The summed E-state index contributed by atoms with van der Waals surface area (Å²) in [6.07, 6.45) is 5.94. The molecule has 0 fully saturated rings. The highest BCUT2D eigenvalue weighted by molar-refractivity contribution is 14.2. The molecule has 1 aliphatic rings. The summed E-state index contributed by atoms with van der Waals surface area (Å²) in [6, 6.07) is 0. The fourth-order valence-electron chi connectivity index (χ4n) is 0.895. The zero-order chi connectivity index (χ0) is 7.68. The number of hydrogen-bond donors (Lipinski definition) is 0. The molecule has 0 saturated carbocycles. The van der Waals surface area contributed by atoms with Gasteiger partial charge in [0.2, 0.25) is 0 Å². The van der Waals surface area contributed by atoms with Gasteiger partial charge in [-0.3, -0.25) is 0 Å². The van der Waals surface area contributed by atoms with E-state index in [-0.39, 0.29) is 20.7 Å². The van der Waals surface area contributed by atoms with E-state index < -0.39 is 0 Å². The Morgan fingerprint density at radius 1 is 1.45 bits per heavy atom. The van der Waals surface area contributed by atoms with E-state index in [2.05, 4.69) is 20.1 Å². The molecule has 1 aliphatic heterocycles. The predicted octanol–water partition coefficient (Wildman–Crippen LogP) is 1.75. The average Bonchev–Trinajstić information content (AvgIpc) is 2.04. The molecule has 0 atom stereocenters. The maximum absolute atomic E-state index is 4.37. The molecular weight excluding hydrogens is 251 g/mol. The SMILES string of the molecule is Cc1cnc2c(n1)C=CC=I2. The Kier molecular flexibility index (Phi) is 1.81. The molecule has 1 aromatic heterocycles. The lowest BCUT2D eigenvalue weighted by Gasteiger charge is -2.01. The van der Waals surface area contributed by atoms with Crippen molar-refractivity contribution >= 4 is 30.8 Å². The largest absolute Gasteiger partial charge is 0.249 e. The van der Waals surface area contributed by atoms with Crippen LogP contribution in [-0.4, -0.2) is 14.0 Å². The highest BCUT2D eigenvalue weighted by atomic mass is 127. The fraction of sp³-hybridized carbons (Fsp3) is 0.125. The van der Waals surface area contributed by atoms with Crippen molar-refractivity contribution in [2.45, 2.75) is 6.92 Å². The van der Waals surface area contributed by atoms with Gasteiger partial charge in [-0.1, -0.05) is 26.8 Å². The summed E-state index contributed by atoms with van der Waals surface area (Å²) in [5, 5.41) is 0. The summed E-state index contributed by atoms with van der Waals surface area (Å²) >= 11 is -0.00320. The summed E-state index contributed by atoms with van der Waals surface area (Å²) in [5.74, 6) is 0. The van der Waals surface area contributed by atoms with Crippen molar-refractivity contribution < 1.29 is 0 Å². The molecule has 0 N–H and O–H groups in total. The summed E-state index contributed by atoms with van der Waals surface area (Å²) in [6.45, 7) is 1.97. The molecule has 0 spiro atoms. The molecule has 56 valence electrons. The summed E-state index contributed by atoms with van der Waals surface area (Å²) in [4.78, 5) is 8.69. The Bertz CT molecular complexity index is 342. The molecule has 2 rings (SSSR count). The standard InChI is InChI=1S/C8H7IN2/c1-6-5-10-8-7(11-6)3-2-4-9-8/h2-5H,1H3. The summed E-state index contributed by atoms with van der Waals surface area (Å²) in [5.41, 5.74) is 2.07.